The van der Waals surface area contributed by atoms with Gasteiger partial charge in [-0.25, -0.2) is 4.79 Å². The van der Waals surface area contributed by atoms with Crippen molar-refractivity contribution in [1.82, 2.24) is 4.57 Å². The fourth-order valence-corrected chi connectivity index (χ4v) is 5.21. The Hall–Kier alpha value is -3.89. The molecular formula is C26H23N3O3S. The van der Waals surface area contributed by atoms with E-state index in [0.29, 0.717) is 9.20 Å². The van der Waals surface area contributed by atoms with E-state index >= 15 is 0 Å². The number of carbonyl (C=O) groups excluding carboxylic acids is 1. The van der Waals surface area contributed by atoms with Crippen molar-refractivity contribution in [3.63, 3.8) is 0 Å². The van der Waals surface area contributed by atoms with Gasteiger partial charge in [-0.3, -0.25) is 9.36 Å². The second-order valence-electron chi connectivity index (χ2n) is 7.86. The average Bonchev–Trinajstić information content (AvgIpc) is 3.09. The standard InChI is InChI=1S/C26H23N3O3S/c1-4-32-26(31)22-21(18-10-6-8-16(3)12-18)19(14-27)23(28)29-24(30)20(33-25(22)29)13-17-9-5-7-15(2)11-17/h5-13,21H,4,28H2,1-3H3. The summed E-state index contributed by atoms with van der Waals surface area (Å²) in [5.74, 6) is -1.25. The van der Waals surface area contributed by atoms with Crippen LogP contribution in [0.3, 0.4) is 0 Å². The van der Waals surface area contributed by atoms with E-state index in [0.717, 1.165) is 22.3 Å². The summed E-state index contributed by atoms with van der Waals surface area (Å²) in [7, 11) is 0. The van der Waals surface area contributed by atoms with Crippen molar-refractivity contribution in [2.24, 2.45) is 5.73 Å². The Labute approximate surface area is 195 Å². The second-order valence-corrected chi connectivity index (χ2v) is 8.89. The summed E-state index contributed by atoms with van der Waals surface area (Å²) in [6.45, 7) is 5.80. The maximum atomic E-state index is 13.4. The number of fused-ring (bicyclic) bond motifs is 1. The van der Waals surface area contributed by atoms with Gasteiger partial charge >= 0.3 is 5.97 Å². The van der Waals surface area contributed by atoms with Crippen molar-refractivity contribution in [3.8, 4) is 6.07 Å². The lowest BCUT2D eigenvalue weighted by Crippen LogP contribution is -2.40. The van der Waals surface area contributed by atoms with Crippen LogP contribution < -0.4 is 20.5 Å². The summed E-state index contributed by atoms with van der Waals surface area (Å²) in [5.41, 5.74) is 10.1. The Bertz CT molecular complexity index is 1520. The van der Waals surface area contributed by atoms with Gasteiger partial charge in [0.1, 0.15) is 10.5 Å². The highest BCUT2D eigenvalue weighted by Gasteiger charge is 2.36. The van der Waals surface area contributed by atoms with E-state index in [2.05, 4.69) is 6.07 Å². The Balaban J connectivity index is 2.10. The molecule has 3 aromatic rings. The SMILES string of the molecule is CCOC(=O)C1=c2sc(=Cc3cccc(C)c3)c(=O)n2C(N)=C(C#N)C1c1cccc(C)c1. The van der Waals surface area contributed by atoms with Gasteiger partial charge in [-0.15, -0.1) is 11.3 Å². The van der Waals surface area contributed by atoms with Crippen LogP contribution in [0.5, 0.6) is 0 Å². The minimum atomic E-state index is -0.723. The van der Waals surface area contributed by atoms with E-state index in [1.54, 1.807) is 13.0 Å². The molecule has 2 aromatic carbocycles. The van der Waals surface area contributed by atoms with Gasteiger partial charge in [0.05, 0.1) is 34.3 Å². The van der Waals surface area contributed by atoms with Crippen LogP contribution in [0.25, 0.3) is 17.5 Å². The second kappa shape index (κ2) is 8.93. The predicted octanol–water partition coefficient (Wildman–Crippen LogP) is 2.52. The third-order valence-electron chi connectivity index (χ3n) is 5.48. The van der Waals surface area contributed by atoms with Crippen LogP contribution in [0.4, 0.5) is 0 Å². The number of hydrogen-bond acceptors (Lipinski definition) is 6. The van der Waals surface area contributed by atoms with E-state index in [4.69, 9.17) is 10.5 Å². The first-order valence-corrected chi connectivity index (χ1v) is 11.4. The van der Waals surface area contributed by atoms with E-state index in [-0.39, 0.29) is 29.1 Å². The Morgan fingerprint density at radius 3 is 2.55 bits per heavy atom. The molecule has 2 N–H and O–H groups in total. The fourth-order valence-electron chi connectivity index (χ4n) is 4.05. The van der Waals surface area contributed by atoms with Crippen LogP contribution in [-0.2, 0) is 9.53 Å². The van der Waals surface area contributed by atoms with Crippen molar-refractivity contribution in [3.05, 3.63) is 95.9 Å². The number of esters is 1. The van der Waals surface area contributed by atoms with Gasteiger partial charge in [-0.1, -0.05) is 59.7 Å². The van der Waals surface area contributed by atoms with Crippen LogP contribution in [0.1, 0.15) is 35.1 Å². The zero-order valence-electron chi connectivity index (χ0n) is 18.6. The van der Waals surface area contributed by atoms with Crippen LogP contribution in [0, 0.1) is 25.2 Å². The molecular weight excluding hydrogens is 434 g/mol. The third-order valence-corrected chi connectivity index (χ3v) is 6.59. The van der Waals surface area contributed by atoms with Gasteiger partial charge in [0.15, 0.2) is 0 Å². The summed E-state index contributed by atoms with van der Waals surface area (Å²) in [6.07, 6.45) is 1.77. The molecule has 0 saturated carbocycles. The van der Waals surface area contributed by atoms with Gasteiger partial charge in [0.25, 0.3) is 5.56 Å². The maximum absolute atomic E-state index is 13.4. The molecule has 0 fully saturated rings. The molecule has 166 valence electrons. The van der Waals surface area contributed by atoms with Crippen LogP contribution in [0.15, 0.2) is 58.9 Å². The highest BCUT2D eigenvalue weighted by molar-refractivity contribution is 7.07. The molecule has 0 bridgehead atoms. The molecule has 4 rings (SSSR count). The number of nitrogens with zero attached hydrogens (tertiary/aromatic N) is 2. The van der Waals surface area contributed by atoms with Crippen LogP contribution in [-0.4, -0.2) is 17.1 Å². The summed E-state index contributed by atoms with van der Waals surface area (Å²) in [5, 5.41) is 10.0. The number of hydrogen-bond donors (Lipinski definition) is 1. The number of nitriles is 1. The molecule has 2 heterocycles. The highest BCUT2D eigenvalue weighted by Crippen LogP contribution is 2.36. The molecule has 1 aliphatic heterocycles. The van der Waals surface area contributed by atoms with Crippen molar-refractivity contribution in [2.75, 3.05) is 6.61 Å². The lowest BCUT2D eigenvalue weighted by Gasteiger charge is -2.25. The molecule has 0 radical (unpaired) electrons. The minimum absolute atomic E-state index is 0.0391. The third kappa shape index (κ3) is 4.01. The average molecular weight is 458 g/mol. The first kappa shape index (κ1) is 22.3. The molecule has 7 heteroatoms. The normalized spacial score (nSPS) is 15.9. The first-order chi connectivity index (χ1) is 15.8. The zero-order valence-corrected chi connectivity index (χ0v) is 19.4. The van der Waals surface area contributed by atoms with Gasteiger partial charge in [-0.05, 0) is 38.0 Å². The molecule has 0 spiro atoms. The monoisotopic (exact) mass is 457 g/mol. The number of nitrogens with two attached hydrogens (primary N) is 1. The topological polar surface area (TPSA) is 98.1 Å². The molecule has 0 amide bonds. The molecule has 33 heavy (non-hydrogen) atoms. The summed E-state index contributed by atoms with van der Waals surface area (Å²) < 4.78 is 7.44. The number of ether oxygens (including phenoxy) is 1. The number of thiazole rings is 1. The van der Waals surface area contributed by atoms with Crippen LogP contribution >= 0.6 is 11.3 Å². The number of aryl methyl sites for hydroxylation is 2. The van der Waals surface area contributed by atoms with Gasteiger partial charge in [0.2, 0.25) is 0 Å². The summed E-state index contributed by atoms with van der Waals surface area (Å²) >= 11 is 1.18. The molecule has 0 aliphatic carbocycles. The predicted molar refractivity (Wildman–Crippen MR) is 130 cm³/mol. The Morgan fingerprint density at radius 2 is 1.91 bits per heavy atom. The number of rotatable bonds is 4. The first-order valence-electron chi connectivity index (χ1n) is 10.5. The Morgan fingerprint density at radius 1 is 1.21 bits per heavy atom. The quantitative estimate of drug-likeness (QED) is 0.607. The van der Waals surface area contributed by atoms with Crippen LogP contribution in [0.2, 0.25) is 0 Å². The molecule has 6 nitrogen and oxygen atoms in total. The largest absolute Gasteiger partial charge is 0.463 e. The fraction of sp³-hybridized carbons (Fsp3) is 0.192. The van der Waals surface area contributed by atoms with Crippen molar-refractivity contribution >= 4 is 34.8 Å². The smallest absolute Gasteiger partial charge is 0.338 e. The van der Waals surface area contributed by atoms with Crippen molar-refractivity contribution < 1.29 is 9.53 Å². The summed E-state index contributed by atoms with van der Waals surface area (Å²) in [4.78, 5) is 26.5. The van der Waals surface area contributed by atoms with Crippen molar-refractivity contribution in [2.45, 2.75) is 26.7 Å². The van der Waals surface area contributed by atoms with E-state index in [9.17, 15) is 14.9 Å². The molecule has 1 aromatic heterocycles. The van der Waals surface area contributed by atoms with Crippen molar-refractivity contribution in [1.29, 1.82) is 5.26 Å². The van der Waals surface area contributed by atoms with Gasteiger partial charge < -0.3 is 10.5 Å². The number of carbonyl (C=O) groups is 1. The van der Waals surface area contributed by atoms with Gasteiger partial charge in [-0.2, -0.15) is 5.26 Å². The molecule has 0 saturated heterocycles. The molecule has 1 unspecified atom stereocenters. The van der Waals surface area contributed by atoms with Gasteiger partial charge in [0, 0.05) is 0 Å². The number of allylic oxidation sites excluding steroid dienone is 1. The highest BCUT2D eigenvalue weighted by atomic mass is 32.1. The number of benzene rings is 2. The lowest BCUT2D eigenvalue weighted by molar-refractivity contribution is -0.136. The molecule has 1 atom stereocenters. The zero-order chi connectivity index (χ0) is 23.7. The summed E-state index contributed by atoms with van der Waals surface area (Å²) in [6, 6.07) is 17.5. The minimum Gasteiger partial charge on any atom is -0.463 e. The Kier molecular flexibility index (Phi) is 6.03. The number of aromatic nitrogens is 1. The maximum Gasteiger partial charge on any atom is 0.338 e. The van der Waals surface area contributed by atoms with E-state index in [1.165, 1.54) is 15.9 Å². The van der Waals surface area contributed by atoms with E-state index < -0.39 is 11.9 Å². The lowest BCUT2D eigenvalue weighted by atomic mass is 9.83. The van der Waals surface area contributed by atoms with E-state index in [1.807, 2.05) is 62.4 Å². The molecule has 1 aliphatic rings.